The van der Waals surface area contributed by atoms with Crippen LogP contribution < -0.4 is 30.7 Å². The Morgan fingerprint density at radius 1 is 0.905 bits per heavy atom. The molecule has 1 saturated carbocycles. The van der Waals surface area contributed by atoms with Crippen molar-refractivity contribution in [1.82, 2.24) is 30.3 Å². The summed E-state index contributed by atoms with van der Waals surface area (Å²) in [6.45, 7) is 14.3. The number of aromatic amines is 1. The second-order valence-corrected chi connectivity index (χ2v) is 19.0. The highest BCUT2D eigenvalue weighted by atomic mass is 19.1. The van der Waals surface area contributed by atoms with Crippen LogP contribution in [0.5, 0.6) is 5.75 Å². The molecule has 1 aliphatic carbocycles. The number of benzene rings is 3. The Bertz CT molecular complexity index is 2720. The molecule has 2 aromatic heterocycles. The first-order chi connectivity index (χ1) is 30.1. The Balaban J connectivity index is 0.762. The summed E-state index contributed by atoms with van der Waals surface area (Å²) in [4.78, 5) is 59.7. The summed E-state index contributed by atoms with van der Waals surface area (Å²) in [5.74, 6) is -0.637. The van der Waals surface area contributed by atoms with Gasteiger partial charge in [-0.15, -0.1) is 0 Å². The minimum absolute atomic E-state index is 0.231. The number of piperazine rings is 1. The quantitative estimate of drug-likeness (QED) is 0.159. The molecule has 0 radical (unpaired) electrons. The molecule has 3 aromatic carbocycles. The number of carbonyl (C=O) groups excluding carboxylic acids is 3. The van der Waals surface area contributed by atoms with E-state index in [-0.39, 0.29) is 41.0 Å². The fourth-order valence-corrected chi connectivity index (χ4v) is 11.1. The van der Waals surface area contributed by atoms with Crippen molar-refractivity contribution in [2.45, 2.75) is 71.4 Å². The van der Waals surface area contributed by atoms with E-state index in [2.05, 4.69) is 54.6 Å². The monoisotopic (exact) mass is 855 g/mol. The van der Waals surface area contributed by atoms with Gasteiger partial charge < -0.3 is 24.8 Å². The predicted octanol–water partition coefficient (Wildman–Crippen LogP) is 5.60. The standard InChI is InChI=1S/C48H54FN9O5/c1-47(2)45(48(3,4)46(47)63-38-13-7-30(26-50)41-33(38)10-14-39(59)51-41)53-43(61)29-6-12-36(35(49)24-29)58-18-16-28(17-19-58)27-56-20-22-57(23-21-56)31-8-9-32-37(25-31)55(5)54-42(32)34-11-15-40(60)52-44(34)62/h6-10,12-14,24-25,28,34,45-46H,11,15-23,27H2,1-5H3,(H,51,59)(H,53,61)(H,52,60,62). The van der Waals surface area contributed by atoms with E-state index in [0.29, 0.717) is 46.7 Å². The van der Waals surface area contributed by atoms with Gasteiger partial charge in [-0.1, -0.05) is 27.7 Å². The molecule has 3 saturated heterocycles. The fourth-order valence-electron chi connectivity index (χ4n) is 11.1. The zero-order valence-corrected chi connectivity index (χ0v) is 36.5. The number of piperidine rings is 2. The number of hydrogen-bond acceptors (Lipinski definition) is 10. The van der Waals surface area contributed by atoms with Crippen LogP contribution in [0.15, 0.2) is 65.5 Å². The van der Waals surface area contributed by atoms with Crippen LogP contribution in [0.4, 0.5) is 15.8 Å². The van der Waals surface area contributed by atoms with Gasteiger partial charge in [-0.2, -0.15) is 10.4 Å². The van der Waals surface area contributed by atoms with Crippen LogP contribution in [0.25, 0.3) is 21.8 Å². The first kappa shape index (κ1) is 42.1. The number of nitrogens with zero attached hydrogens (tertiary/aromatic N) is 6. The maximum Gasteiger partial charge on any atom is 0.251 e. The van der Waals surface area contributed by atoms with Crippen molar-refractivity contribution in [2.24, 2.45) is 23.8 Å². The van der Waals surface area contributed by atoms with E-state index in [1.165, 1.54) is 12.1 Å². The lowest BCUT2D eigenvalue weighted by molar-refractivity contribution is -0.163. The first-order valence-corrected chi connectivity index (χ1v) is 22.0. The van der Waals surface area contributed by atoms with Crippen LogP contribution in [0.2, 0.25) is 0 Å². The normalized spacial score (nSPS) is 22.7. The van der Waals surface area contributed by atoms with E-state index in [0.717, 1.165) is 80.9 Å². The number of H-pyrrole nitrogens is 1. The third kappa shape index (κ3) is 7.68. The number of hydrogen-bond donors (Lipinski definition) is 3. The van der Waals surface area contributed by atoms with Gasteiger partial charge in [-0.3, -0.25) is 34.1 Å². The number of carbonyl (C=O) groups is 3. The maximum atomic E-state index is 15.8. The van der Waals surface area contributed by atoms with Gasteiger partial charge in [0, 0.05) is 104 Å². The highest BCUT2D eigenvalue weighted by Crippen LogP contribution is 2.56. The number of anilines is 2. The van der Waals surface area contributed by atoms with Gasteiger partial charge in [0.25, 0.3) is 5.91 Å². The lowest BCUT2D eigenvalue weighted by Crippen LogP contribution is -2.74. The van der Waals surface area contributed by atoms with Crippen molar-refractivity contribution < 1.29 is 23.5 Å². The third-order valence-corrected chi connectivity index (χ3v) is 14.2. The van der Waals surface area contributed by atoms with E-state index in [1.54, 1.807) is 30.3 Å². The van der Waals surface area contributed by atoms with Crippen LogP contribution in [0.3, 0.4) is 0 Å². The topological polar surface area (TPSA) is 169 Å². The molecule has 1 unspecified atom stereocenters. The van der Waals surface area contributed by atoms with Crippen molar-refractivity contribution in [2.75, 3.05) is 55.6 Å². The number of fused-ring (bicyclic) bond motifs is 2. The van der Waals surface area contributed by atoms with Crippen molar-refractivity contribution in [3.05, 3.63) is 93.7 Å². The van der Waals surface area contributed by atoms with E-state index in [4.69, 9.17) is 9.84 Å². The van der Waals surface area contributed by atoms with Crippen LogP contribution in [-0.2, 0) is 16.6 Å². The van der Waals surface area contributed by atoms with Gasteiger partial charge in [0.15, 0.2) is 0 Å². The molecule has 3 N–H and O–H groups in total. The van der Waals surface area contributed by atoms with Gasteiger partial charge in [-0.05, 0) is 79.8 Å². The molecule has 1 atom stereocenters. The number of rotatable bonds is 9. The Morgan fingerprint density at radius 2 is 1.63 bits per heavy atom. The number of ether oxygens (including phenoxy) is 1. The highest BCUT2D eigenvalue weighted by Gasteiger charge is 2.64. The van der Waals surface area contributed by atoms with Gasteiger partial charge in [-0.25, -0.2) is 4.39 Å². The van der Waals surface area contributed by atoms with Crippen LogP contribution >= 0.6 is 0 Å². The molecule has 4 aliphatic rings. The zero-order valence-electron chi connectivity index (χ0n) is 36.5. The number of imide groups is 1. The molecular weight excluding hydrogens is 802 g/mol. The zero-order chi connectivity index (χ0) is 44.4. The average molecular weight is 856 g/mol. The SMILES string of the molecule is Cn1nc(C2CCC(=O)NC2=O)c2ccc(N3CCN(CC4CCN(c5ccc(C(=O)NC6C(C)(C)C(Oc7ccc(C#N)c8[nH]c(=O)ccc78)C6(C)C)cc5F)CC4)CC3)cc21. The molecule has 15 heteroatoms. The van der Waals surface area contributed by atoms with E-state index < -0.39 is 22.6 Å². The summed E-state index contributed by atoms with van der Waals surface area (Å²) in [6, 6.07) is 19.4. The number of nitrogens with one attached hydrogen (secondary N) is 3. The van der Waals surface area contributed by atoms with Crippen molar-refractivity contribution in [3.63, 3.8) is 0 Å². The lowest BCUT2D eigenvalue weighted by Gasteiger charge is -2.63. The molecule has 5 aromatic rings. The summed E-state index contributed by atoms with van der Waals surface area (Å²) in [5.41, 5.74) is 3.06. The molecule has 328 valence electrons. The van der Waals surface area contributed by atoms with Crippen molar-refractivity contribution in [3.8, 4) is 11.8 Å². The summed E-state index contributed by atoms with van der Waals surface area (Å²) in [5, 5.41) is 21.5. The van der Waals surface area contributed by atoms with Crippen molar-refractivity contribution >= 4 is 50.9 Å². The maximum absolute atomic E-state index is 15.8. The van der Waals surface area contributed by atoms with Crippen molar-refractivity contribution in [1.29, 1.82) is 5.26 Å². The molecule has 3 amide bonds. The first-order valence-electron chi connectivity index (χ1n) is 22.0. The molecule has 63 heavy (non-hydrogen) atoms. The summed E-state index contributed by atoms with van der Waals surface area (Å²) >= 11 is 0. The molecule has 14 nitrogen and oxygen atoms in total. The minimum Gasteiger partial charge on any atom is -0.488 e. The number of pyridine rings is 1. The van der Waals surface area contributed by atoms with Gasteiger partial charge in [0.1, 0.15) is 23.7 Å². The van der Waals surface area contributed by atoms with E-state index in [9.17, 15) is 24.4 Å². The second kappa shape index (κ2) is 16.1. The molecule has 9 rings (SSSR count). The Labute approximate surface area is 365 Å². The molecule has 0 bridgehead atoms. The Morgan fingerprint density at radius 3 is 2.33 bits per heavy atom. The van der Waals surface area contributed by atoms with Gasteiger partial charge in [0.2, 0.25) is 17.4 Å². The van der Waals surface area contributed by atoms with Crippen LogP contribution in [0, 0.1) is 33.9 Å². The number of amides is 3. The molecular formula is C48H54FN9O5. The molecule has 4 fully saturated rings. The minimum atomic E-state index is -0.500. The molecule has 0 spiro atoms. The number of nitriles is 1. The predicted molar refractivity (Wildman–Crippen MR) is 238 cm³/mol. The Hall–Kier alpha value is -6.27. The number of aromatic nitrogens is 3. The fraction of sp³-hybridized carbons (Fsp3) is 0.458. The third-order valence-electron chi connectivity index (χ3n) is 14.2. The van der Waals surface area contributed by atoms with Crippen LogP contribution in [-0.4, -0.2) is 95.3 Å². The van der Waals surface area contributed by atoms with Gasteiger partial charge >= 0.3 is 0 Å². The summed E-state index contributed by atoms with van der Waals surface area (Å²) in [6.07, 6.45) is 2.39. The molecule has 3 aliphatic heterocycles. The second-order valence-electron chi connectivity index (χ2n) is 19.0. The Kier molecular flexibility index (Phi) is 10.8. The van der Waals surface area contributed by atoms with E-state index in [1.807, 2.05) is 39.4 Å². The summed E-state index contributed by atoms with van der Waals surface area (Å²) < 4.78 is 24.2. The highest BCUT2D eigenvalue weighted by molar-refractivity contribution is 6.02. The van der Waals surface area contributed by atoms with E-state index >= 15 is 4.39 Å². The summed E-state index contributed by atoms with van der Waals surface area (Å²) in [7, 11) is 1.90. The molecule has 5 heterocycles. The van der Waals surface area contributed by atoms with Crippen LogP contribution in [0.1, 0.15) is 80.9 Å². The average Bonchev–Trinajstić information content (AvgIpc) is 3.59. The largest absolute Gasteiger partial charge is 0.488 e. The number of aryl methyl sites for hydroxylation is 1. The smallest absolute Gasteiger partial charge is 0.251 e. The number of halogens is 1. The van der Waals surface area contributed by atoms with Gasteiger partial charge in [0.05, 0.1) is 33.9 Å². The lowest BCUT2D eigenvalue weighted by atomic mass is 9.49.